The van der Waals surface area contributed by atoms with Crippen LogP contribution >= 0.6 is 24.4 Å². The van der Waals surface area contributed by atoms with Crippen LogP contribution in [0, 0.1) is 0 Å². The molecule has 0 aromatic heterocycles. The van der Waals surface area contributed by atoms with Crippen LogP contribution in [0.3, 0.4) is 0 Å². The molecule has 3 rings (SSSR count). The molecule has 1 aromatic carbocycles. The van der Waals surface area contributed by atoms with Gasteiger partial charge in [-0.15, -0.1) is 0 Å². The minimum Gasteiger partial charge on any atom is -0.432 e. The van der Waals surface area contributed by atoms with Crippen molar-refractivity contribution in [2.45, 2.75) is 24.9 Å². The fourth-order valence-corrected chi connectivity index (χ4v) is 6.97. The minimum atomic E-state index is -2.98. The summed E-state index contributed by atoms with van der Waals surface area (Å²) in [7, 11) is -5.95. The van der Waals surface area contributed by atoms with Gasteiger partial charge >= 0.3 is 0 Å². The number of benzene rings is 1. The monoisotopic (exact) mass is 463 g/mol. The van der Waals surface area contributed by atoms with Crippen LogP contribution in [0.5, 0.6) is 5.75 Å². The first kappa shape index (κ1) is 21.2. The van der Waals surface area contributed by atoms with E-state index in [-0.39, 0.29) is 40.3 Å². The van der Waals surface area contributed by atoms with Crippen LogP contribution in [0.4, 0.5) is 5.69 Å². The molecule has 2 aliphatic heterocycles. The van der Waals surface area contributed by atoms with Crippen molar-refractivity contribution in [2.75, 3.05) is 28.3 Å². The van der Waals surface area contributed by atoms with Crippen molar-refractivity contribution in [3.8, 4) is 5.75 Å². The zero-order chi connectivity index (χ0) is 20.4. The lowest BCUT2D eigenvalue weighted by Gasteiger charge is -2.16. The van der Waals surface area contributed by atoms with Crippen molar-refractivity contribution in [1.82, 2.24) is 10.6 Å². The summed E-state index contributed by atoms with van der Waals surface area (Å²) in [6, 6.07) is 6.50. The van der Waals surface area contributed by atoms with Gasteiger partial charge < -0.3 is 20.7 Å². The van der Waals surface area contributed by atoms with Gasteiger partial charge in [0.25, 0.3) is 5.17 Å². The second kappa shape index (κ2) is 8.47. The standard InChI is InChI=1S/C16H21N3O5S4/c20-27(21)7-5-12(9-27)18-15(25)17-11-1-3-14(4-2-11)24-16(26)19-13-6-8-28(22,23)10-13/h1-4,12-13H,5-10H2,(H,19,26)(H2,17,18,25). The fourth-order valence-electron chi connectivity index (χ4n) is 3.08. The molecule has 8 nitrogen and oxygen atoms in total. The van der Waals surface area contributed by atoms with E-state index in [1.807, 2.05) is 0 Å². The van der Waals surface area contributed by atoms with Gasteiger partial charge in [0.1, 0.15) is 5.75 Å². The summed E-state index contributed by atoms with van der Waals surface area (Å²) in [5.74, 6) is 0.999. The first-order valence-corrected chi connectivity index (χ1v) is 13.1. The predicted molar refractivity (Wildman–Crippen MR) is 116 cm³/mol. The number of sulfone groups is 2. The van der Waals surface area contributed by atoms with Gasteiger partial charge in [-0.3, -0.25) is 0 Å². The number of ether oxygens (including phenoxy) is 1. The second-order valence-electron chi connectivity index (χ2n) is 6.86. The third-order valence-electron chi connectivity index (χ3n) is 4.44. The molecule has 2 saturated heterocycles. The van der Waals surface area contributed by atoms with E-state index in [0.717, 1.165) is 0 Å². The van der Waals surface area contributed by atoms with Crippen LogP contribution in [0.1, 0.15) is 12.8 Å². The van der Waals surface area contributed by atoms with Gasteiger partial charge in [0.2, 0.25) is 0 Å². The molecule has 0 radical (unpaired) electrons. The van der Waals surface area contributed by atoms with Crippen LogP contribution in [0.15, 0.2) is 24.3 Å². The normalized spacial score (nSPS) is 25.0. The quantitative estimate of drug-likeness (QED) is 0.549. The second-order valence-corrected chi connectivity index (χ2v) is 12.1. The zero-order valence-corrected chi connectivity index (χ0v) is 18.1. The molecule has 0 spiro atoms. The summed E-state index contributed by atoms with van der Waals surface area (Å²) in [4.78, 5) is 0. The Morgan fingerprint density at radius 1 is 0.893 bits per heavy atom. The highest BCUT2D eigenvalue weighted by atomic mass is 32.2. The van der Waals surface area contributed by atoms with Crippen molar-refractivity contribution in [3.63, 3.8) is 0 Å². The Morgan fingerprint density at radius 2 is 1.43 bits per heavy atom. The molecule has 2 heterocycles. The van der Waals surface area contributed by atoms with E-state index in [4.69, 9.17) is 29.2 Å². The molecule has 28 heavy (non-hydrogen) atoms. The largest absolute Gasteiger partial charge is 0.432 e. The zero-order valence-electron chi connectivity index (χ0n) is 14.9. The molecule has 2 unspecified atom stereocenters. The lowest BCUT2D eigenvalue weighted by Crippen LogP contribution is -2.38. The molecule has 0 aliphatic carbocycles. The minimum absolute atomic E-state index is 0.0616. The van der Waals surface area contributed by atoms with E-state index in [9.17, 15) is 16.8 Å². The summed E-state index contributed by atoms with van der Waals surface area (Å²) < 4.78 is 51.4. The Labute approximate surface area is 175 Å². The molecular formula is C16H21N3O5S4. The fraction of sp³-hybridized carbons (Fsp3) is 0.500. The van der Waals surface area contributed by atoms with Crippen LogP contribution < -0.4 is 20.7 Å². The number of hydrogen-bond donors (Lipinski definition) is 3. The lowest BCUT2D eigenvalue weighted by molar-refractivity contribution is 0.510. The van der Waals surface area contributed by atoms with Gasteiger partial charge in [0.05, 0.1) is 23.0 Å². The van der Waals surface area contributed by atoms with Crippen LogP contribution in [-0.4, -0.2) is 62.2 Å². The maximum Gasteiger partial charge on any atom is 0.262 e. The number of hydrogen-bond acceptors (Lipinski definition) is 7. The summed E-state index contributed by atoms with van der Waals surface area (Å²) in [5, 5.41) is 9.40. The van der Waals surface area contributed by atoms with Crippen LogP contribution in [0.25, 0.3) is 0 Å². The van der Waals surface area contributed by atoms with Gasteiger partial charge in [-0.1, -0.05) is 0 Å². The van der Waals surface area contributed by atoms with Crippen molar-refractivity contribution in [3.05, 3.63) is 24.3 Å². The van der Waals surface area contributed by atoms with E-state index in [0.29, 0.717) is 29.4 Å². The van der Waals surface area contributed by atoms with E-state index in [1.165, 1.54) is 0 Å². The summed E-state index contributed by atoms with van der Waals surface area (Å²) in [6.45, 7) is 0. The summed E-state index contributed by atoms with van der Waals surface area (Å²) in [6.07, 6.45) is 1.06. The SMILES string of the molecule is O=S1(=O)CCC(NC(=S)Nc2ccc(OC(=S)NC3CCS(=O)(=O)C3)cc2)C1. The maximum absolute atomic E-state index is 11.5. The van der Waals surface area contributed by atoms with Crippen LogP contribution in [-0.2, 0) is 19.7 Å². The molecule has 12 heteroatoms. The third-order valence-corrected chi connectivity index (χ3v) is 8.40. The molecule has 2 fully saturated rings. The molecule has 1 aromatic rings. The Bertz CT molecular complexity index is 881. The van der Waals surface area contributed by atoms with Gasteiger partial charge in [0, 0.05) is 17.8 Å². The molecule has 2 aliphatic rings. The third kappa shape index (κ3) is 6.26. The van der Waals surface area contributed by atoms with Crippen molar-refractivity contribution < 1.29 is 21.6 Å². The predicted octanol–water partition coefficient (Wildman–Crippen LogP) is 0.601. The Hall–Kier alpha value is -1.50. The van der Waals surface area contributed by atoms with Gasteiger partial charge in [-0.25, -0.2) is 16.8 Å². The molecule has 154 valence electrons. The van der Waals surface area contributed by atoms with Gasteiger partial charge in [-0.2, -0.15) is 0 Å². The Morgan fingerprint density at radius 3 is 1.93 bits per heavy atom. The molecule has 0 bridgehead atoms. The highest BCUT2D eigenvalue weighted by Crippen LogP contribution is 2.17. The first-order chi connectivity index (χ1) is 13.1. The smallest absolute Gasteiger partial charge is 0.262 e. The van der Waals surface area contributed by atoms with Crippen molar-refractivity contribution >= 4 is 60.1 Å². The number of thiocarbonyl (C=S) groups is 2. The molecule has 0 amide bonds. The topological polar surface area (TPSA) is 114 Å². The van der Waals surface area contributed by atoms with E-state index in [1.54, 1.807) is 24.3 Å². The molecule has 0 saturated carbocycles. The van der Waals surface area contributed by atoms with E-state index >= 15 is 0 Å². The van der Waals surface area contributed by atoms with Gasteiger partial charge in [-0.05, 0) is 61.5 Å². The lowest BCUT2D eigenvalue weighted by atomic mass is 10.3. The van der Waals surface area contributed by atoms with Crippen molar-refractivity contribution in [2.24, 2.45) is 0 Å². The molecule has 3 N–H and O–H groups in total. The average molecular weight is 464 g/mol. The van der Waals surface area contributed by atoms with E-state index in [2.05, 4.69) is 16.0 Å². The van der Waals surface area contributed by atoms with Gasteiger partial charge in [0.15, 0.2) is 24.8 Å². The first-order valence-electron chi connectivity index (χ1n) is 8.67. The number of anilines is 1. The highest BCUT2D eigenvalue weighted by molar-refractivity contribution is 7.92. The van der Waals surface area contributed by atoms with Crippen molar-refractivity contribution in [1.29, 1.82) is 0 Å². The van der Waals surface area contributed by atoms with E-state index < -0.39 is 19.7 Å². The summed E-state index contributed by atoms with van der Waals surface area (Å²) in [5.41, 5.74) is 0.714. The average Bonchev–Trinajstić information content (AvgIpc) is 3.10. The molecular weight excluding hydrogens is 442 g/mol. The van der Waals surface area contributed by atoms with Crippen LogP contribution in [0.2, 0.25) is 0 Å². The highest BCUT2D eigenvalue weighted by Gasteiger charge is 2.29. The summed E-state index contributed by atoms with van der Waals surface area (Å²) >= 11 is 10.3. The maximum atomic E-state index is 11.5. The molecule has 2 atom stereocenters. The number of rotatable bonds is 4. The number of nitrogens with one attached hydrogen (secondary N) is 3. The Balaban J connectivity index is 1.45. The Kier molecular flexibility index (Phi) is 6.42.